The van der Waals surface area contributed by atoms with Gasteiger partial charge in [-0.3, -0.25) is 9.59 Å². The van der Waals surface area contributed by atoms with Gasteiger partial charge in [0.15, 0.2) is 6.61 Å². The van der Waals surface area contributed by atoms with Crippen molar-refractivity contribution in [2.24, 2.45) is 0 Å². The maximum Gasteiger partial charge on any atom is 0.340 e. The maximum atomic E-state index is 12.6. The van der Waals surface area contributed by atoms with Crippen molar-refractivity contribution in [1.82, 2.24) is 4.90 Å². The van der Waals surface area contributed by atoms with Gasteiger partial charge in [-0.15, -0.1) is 0 Å². The molecule has 7 nitrogen and oxygen atoms in total. The van der Waals surface area contributed by atoms with Crippen molar-refractivity contribution in [2.45, 2.75) is 32.5 Å². The summed E-state index contributed by atoms with van der Waals surface area (Å²) in [5, 5.41) is 2.75. The molecule has 7 heteroatoms. The Hall–Kier alpha value is -3.19. The molecule has 1 saturated heterocycles. The van der Waals surface area contributed by atoms with E-state index in [1.54, 1.807) is 29.2 Å². The van der Waals surface area contributed by atoms with Gasteiger partial charge in [-0.05, 0) is 31.5 Å². The minimum atomic E-state index is -0.659. The lowest BCUT2D eigenvalue weighted by molar-refractivity contribution is -0.146. The molecule has 0 radical (unpaired) electrons. The molecule has 0 bridgehead atoms. The van der Waals surface area contributed by atoms with E-state index in [9.17, 15) is 14.4 Å². The zero-order valence-electron chi connectivity index (χ0n) is 17.2. The number of morpholine rings is 1. The summed E-state index contributed by atoms with van der Waals surface area (Å²) in [7, 11) is 0. The van der Waals surface area contributed by atoms with Gasteiger partial charge in [0.1, 0.15) is 0 Å². The molecule has 2 aromatic carbocycles. The largest absolute Gasteiger partial charge is 0.452 e. The molecule has 0 unspecified atom stereocenters. The molecule has 0 aromatic heterocycles. The topological polar surface area (TPSA) is 84.9 Å². The highest BCUT2D eigenvalue weighted by Crippen LogP contribution is 2.17. The van der Waals surface area contributed by atoms with Crippen LogP contribution >= 0.6 is 0 Å². The Bertz CT molecular complexity index is 889. The van der Waals surface area contributed by atoms with Crippen molar-refractivity contribution in [3.63, 3.8) is 0 Å². The van der Waals surface area contributed by atoms with Crippen molar-refractivity contribution in [3.05, 3.63) is 65.7 Å². The number of carbonyl (C=O) groups excluding carboxylic acids is 3. The molecule has 0 spiro atoms. The molecule has 1 N–H and O–H groups in total. The molecular weight excluding hydrogens is 384 g/mol. The first kappa shape index (κ1) is 21.5. The second kappa shape index (κ2) is 10.0. The van der Waals surface area contributed by atoms with Crippen LogP contribution in [0.4, 0.5) is 5.69 Å². The highest BCUT2D eigenvalue weighted by atomic mass is 16.5. The lowest BCUT2D eigenvalue weighted by Gasteiger charge is -2.35. The molecule has 3 rings (SSSR count). The number of anilines is 1. The molecule has 1 aliphatic rings. The second-order valence-corrected chi connectivity index (χ2v) is 7.39. The van der Waals surface area contributed by atoms with Gasteiger partial charge in [-0.25, -0.2) is 4.79 Å². The van der Waals surface area contributed by atoms with Crippen LogP contribution in [-0.2, 0) is 25.5 Å². The minimum Gasteiger partial charge on any atom is -0.452 e. The number of esters is 1. The Labute approximate surface area is 176 Å². The third-order valence-corrected chi connectivity index (χ3v) is 4.73. The lowest BCUT2D eigenvalue weighted by Crippen LogP contribution is -2.49. The summed E-state index contributed by atoms with van der Waals surface area (Å²) in [6.45, 7) is 4.37. The Kier molecular flexibility index (Phi) is 7.19. The molecule has 1 fully saturated rings. The number of amides is 2. The molecular formula is C23H26N2O5. The molecule has 2 atom stereocenters. The number of para-hydroxylation sites is 1. The van der Waals surface area contributed by atoms with Gasteiger partial charge in [0.05, 0.1) is 29.9 Å². The monoisotopic (exact) mass is 410 g/mol. The van der Waals surface area contributed by atoms with Crippen LogP contribution in [0.2, 0.25) is 0 Å². The van der Waals surface area contributed by atoms with Gasteiger partial charge in [0, 0.05) is 13.1 Å². The number of ether oxygens (including phenoxy) is 2. The van der Waals surface area contributed by atoms with Gasteiger partial charge in [-0.2, -0.15) is 0 Å². The molecule has 0 aliphatic carbocycles. The zero-order valence-corrected chi connectivity index (χ0v) is 17.2. The third-order valence-electron chi connectivity index (χ3n) is 4.73. The van der Waals surface area contributed by atoms with E-state index in [-0.39, 0.29) is 42.6 Å². The molecule has 2 amide bonds. The van der Waals surface area contributed by atoms with E-state index in [1.165, 1.54) is 0 Å². The SMILES string of the molecule is C[C@@H]1CN(C(=O)COC(=O)c2ccccc2NC(=O)Cc2ccccc2)C[C@@H](C)O1. The fraction of sp³-hybridized carbons (Fsp3) is 0.348. The number of hydrogen-bond acceptors (Lipinski definition) is 5. The number of nitrogens with one attached hydrogen (secondary N) is 1. The van der Waals surface area contributed by atoms with Crippen molar-refractivity contribution < 1.29 is 23.9 Å². The summed E-state index contributed by atoms with van der Waals surface area (Å²) in [6.07, 6.45) is 0.0683. The molecule has 1 heterocycles. The van der Waals surface area contributed by atoms with Crippen LogP contribution in [0, 0.1) is 0 Å². The first-order chi connectivity index (χ1) is 14.4. The summed E-state index contributed by atoms with van der Waals surface area (Å²) in [5.41, 5.74) is 1.43. The Morgan fingerprint density at radius 1 is 1.00 bits per heavy atom. The van der Waals surface area contributed by atoms with Crippen molar-refractivity contribution in [2.75, 3.05) is 25.0 Å². The summed E-state index contributed by atoms with van der Waals surface area (Å²) in [6, 6.07) is 15.9. The molecule has 0 saturated carbocycles. The third kappa shape index (κ3) is 5.90. The summed E-state index contributed by atoms with van der Waals surface area (Å²) in [5.74, 6) is -1.17. The average Bonchev–Trinajstić information content (AvgIpc) is 2.72. The zero-order chi connectivity index (χ0) is 21.5. The fourth-order valence-electron chi connectivity index (χ4n) is 3.42. The maximum absolute atomic E-state index is 12.6. The molecule has 30 heavy (non-hydrogen) atoms. The van der Waals surface area contributed by atoms with E-state index in [4.69, 9.17) is 9.47 Å². The quantitative estimate of drug-likeness (QED) is 0.740. The van der Waals surface area contributed by atoms with Crippen LogP contribution in [0.25, 0.3) is 0 Å². The Morgan fingerprint density at radius 3 is 2.33 bits per heavy atom. The standard InChI is InChI=1S/C23H26N2O5/c1-16-13-25(14-17(2)30-16)22(27)15-29-23(28)19-10-6-7-11-20(19)24-21(26)12-18-8-4-3-5-9-18/h3-11,16-17H,12-15H2,1-2H3,(H,24,26)/t16-,17-/m1/s1. The molecule has 2 aromatic rings. The predicted molar refractivity (Wildman–Crippen MR) is 112 cm³/mol. The van der Waals surface area contributed by atoms with Crippen LogP contribution < -0.4 is 5.32 Å². The van der Waals surface area contributed by atoms with E-state index < -0.39 is 5.97 Å². The van der Waals surface area contributed by atoms with Crippen LogP contribution in [0.1, 0.15) is 29.8 Å². The van der Waals surface area contributed by atoms with Crippen molar-refractivity contribution in [1.29, 1.82) is 0 Å². The summed E-state index contributed by atoms with van der Waals surface area (Å²) < 4.78 is 10.8. The van der Waals surface area contributed by atoms with E-state index in [2.05, 4.69) is 5.32 Å². The number of rotatable bonds is 6. The van der Waals surface area contributed by atoms with Gasteiger partial charge >= 0.3 is 5.97 Å². The van der Waals surface area contributed by atoms with Crippen LogP contribution in [0.15, 0.2) is 54.6 Å². The highest BCUT2D eigenvalue weighted by Gasteiger charge is 2.26. The second-order valence-electron chi connectivity index (χ2n) is 7.39. The summed E-state index contributed by atoms with van der Waals surface area (Å²) >= 11 is 0. The van der Waals surface area contributed by atoms with Gasteiger partial charge in [0.25, 0.3) is 5.91 Å². The first-order valence-corrected chi connectivity index (χ1v) is 9.95. The number of nitrogens with zero attached hydrogens (tertiary/aromatic N) is 1. The normalized spacial score (nSPS) is 18.5. The van der Waals surface area contributed by atoms with Gasteiger partial charge in [0.2, 0.25) is 5.91 Å². The summed E-state index contributed by atoms with van der Waals surface area (Å²) in [4.78, 5) is 39.0. The van der Waals surface area contributed by atoms with Gasteiger partial charge in [-0.1, -0.05) is 42.5 Å². The first-order valence-electron chi connectivity index (χ1n) is 9.95. The van der Waals surface area contributed by atoms with Crippen LogP contribution in [0.3, 0.4) is 0 Å². The van der Waals surface area contributed by atoms with Crippen molar-refractivity contribution >= 4 is 23.5 Å². The number of hydrogen-bond donors (Lipinski definition) is 1. The minimum absolute atomic E-state index is 0.0612. The highest BCUT2D eigenvalue weighted by molar-refractivity contribution is 6.02. The van der Waals surface area contributed by atoms with E-state index in [0.29, 0.717) is 18.8 Å². The van der Waals surface area contributed by atoms with E-state index in [0.717, 1.165) is 5.56 Å². The lowest BCUT2D eigenvalue weighted by atomic mass is 10.1. The fourth-order valence-corrected chi connectivity index (χ4v) is 3.42. The van der Waals surface area contributed by atoms with Crippen LogP contribution in [-0.4, -0.2) is 54.6 Å². The van der Waals surface area contributed by atoms with Crippen LogP contribution in [0.5, 0.6) is 0 Å². The van der Waals surface area contributed by atoms with Crippen molar-refractivity contribution in [3.8, 4) is 0 Å². The van der Waals surface area contributed by atoms with E-state index in [1.807, 2.05) is 44.2 Å². The molecule has 1 aliphatic heterocycles. The van der Waals surface area contributed by atoms with E-state index >= 15 is 0 Å². The number of benzene rings is 2. The van der Waals surface area contributed by atoms with Gasteiger partial charge < -0.3 is 19.7 Å². The predicted octanol–water partition coefficient (Wildman–Crippen LogP) is 2.66. The molecule has 158 valence electrons. The smallest absolute Gasteiger partial charge is 0.340 e. The number of carbonyl (C=O) groups is 3. The average molecular weight is 410 g/mol. The Balaban J connectivity index is 1.58. The Morgan fingerprint density at radius 2 is 1.63 bits per heavy atom.